The van der Waals surface area contributed by atoms with Crippen LogP contribution >= 0.6 is 12.0 Å². The van der Waals surface area contributed by atoms with Gasteiger partial charge in [0.2, 0.25) is 0 Å². The van der Waals surface area contributed by atoms with E-state index in [1.165, 1.54) is 7.11 Å². The van der Waals surface area contributed by atoms with Gasteiger partial charge in [0.15, 0.2) is 0 Å². The van der Waals surface area contributed by atoms with Gasteiger partial charge < -0.3 is 4.74 Å². The van der Waals surface area contributed by atoms with Crippen molar-refractivity contribution in [2.45, 2.75) is 18.7 Å². The first-order chi connectivity index (χ1) is 11.6. The van der Waals surface area contributed by atoms with Gasteiger partial charge in [-0.3, -0.25) is 0 Å². The first kappa shape index (κ1) is 16.8. The Morgan fingerprint density at radius 1 is 1.04 bits per heavy atom. The number of hydrogen-bond acceptors (Lipinski definition) is 5. The molecule has 0 spiro atoms. The van der Waals surface area contributed by atoms with Gasteiger partial charge in [0.05, 0.1) is 24.7 Å². The molecule has 1 aliphatic rings. The summed E-state index contributed by atoms with van der Waals surface area (Å²) in [5.74, 6) is -0.271. The second-order valence-corrected chi connectivity index (χ2v) is 6.34. The lowest BCUT2D eigenvalue weighted by atomic mass is 9.95. The molecule has 24 heavy (non-hydrogen) atoms. The van der Waals surface area contributed by atoms with Crippen LogP contribution in [0.3, 0.4) is 0 Å². The fourth-order valence-corrected chi connectivity index (χ4v) is 3.10. The van der Waals surface area contributed by atoms with E-state index in [4.69, 9.17) is 9.07 Å². The van der Waals surface area contributed by atoms with Crippen molar-refractivity contribution in [3.8, 4) is 0 Å². The molecule has 0 aliphatic carbocycles. The van der Waals surface area contributed by atoms with Crippen LogP contribution in [0.5, 0.6) is 0 Å². The Morgan fingerprint density at radius 2 is 1.75 bits per heavy atom. The Morgan fingerprint density at radius 3 is 2.42 bits per heavy atom. The highest BCUT2D eigenvalue weighted by Gasteiger charge is 2.27. The molecule has 4 nitrogen and oxygen atoms in total. The number of benzene rings is 2. The zero-order chi connectivity index (χ0) is 17.1. The molecular weight excluding hydrogens is 324 g/mol. The second-order valence-electron chi connectivity index (χ2n) is 5.59. The van der Waals surface area contributed by atoms with Crippen molar-refractivity contribution in [3.05, 3.63) is 64.7 Å². The molecule has 2 aromatic rings. The van der Waals surface area contributed by atoms with Crippen molar-refractivity contribution < 1.29 is 18.8 Å². The summed E-state index contributed by atoms with van der Waals surface area (Å²) < 4.78 is 10.2. The van der Waals surface area contributed by atoms with E-state index in [9.17, 15) is 4.79 Å². The first-order valence-corrected chi connectivity index (χ1v) is 8.30. The van der Waals surface area contributed by atoms with Crippen LogP contribution in [0, 0.1) is 13.8 Å². The molecule has 0 fully saturated rings. The van der Waals surface area contributed by atoms with Gasteiger partial charge in [0, 0.05) is 10.5 Å². The molecule has 0 N–H and O–H groups in total. The molecule has 1 heterocycles. The fourth-order valence-electron chi connectivity index (χ4n) is 2.65. The molecule has 0 radical (unpaired) electrons. The number of cyclic esters (lactones) is 1. The lowest BCUT2D eigenvalue weighted by Crippen LogP contribution is -1.98. The summed E-state index contributed by atoms with van der Waals surface area (Å²) in [7, 11) is 1.47. The third kappa shape index (κ3) is 3.38. The molecule has 2 aromatic carbocycles. The van der Waals surface area contributed by atoms with E-state index >= 15 is 0 Å². The molecule has 124 valence electrons. The van der Waals surface area contributed by atoms with E-state index in [0.29, 0.717) is 12.2 Å². The van der Waals surface area contributed by atoms with Gasteiger partial charge in [0.1, 0.15) is 6.61 Å². The molecule has 5 heteroatoms. The third-order valence-electron chi connectivity index (χ3n) is 3.91. The number of ether oxygens (including phenoxy) is 1. The Hall–Kier alpha value is -2.08. The predicted molar refractivity (Wildman–Crippen MR) is 94.1 cm³/mol. The highest BCUT2D eigenvalue weighted by molar-refractivity contribution is 7.94. The van der Waals surface area contributed by atoms with E-state index in [0.717, 1.165) is 44.8 Å². The first-order valence-electron chi connectivity index (χ1n) is 7.56. The zero-order valence-electron chi connectivity index (χ0n) is 13.8. The van der Waals surface area contributed by atoms with Crippen LogP contribution in [-0.4, -0.2) is 19.7 Å². The van der Waals surface area contributed by atoms with E-state index in [-0.39, 0.29) is 5.97 Å². The molecule has 0 amide bonds. The number of carbonyl (C=O) groups is 1. The van der Waals surface area contributed by atoms with Gasteiger partial charge in [-0.2, -0.15) is 4.33 Å². The summed E-state index contributed by atoms with van der Waals surface area (Å²) in [6.45, 7) is 4.31. The molecule has 0 unspecified atom stereocenters. The van der Waals surface area contributed by atoms with E-state index in [1.807, 2.05) is 56.3 Å². The summed E-state index contributed by atoms with van der Waals surface area (Å²) in [6.07, 6.45) is 0. The number of hydrogen-bond donors (Lipinski definition) is 0. The number of carbonyl (C=O) groups excluding carboxylic acids is 1. The van der Waals surface area contributed by atoms with Crippen molar-refractivity contribution in [1.29, 1.82) is 0 Å². The quantitative estimate of drug-likeness (QED) is 0.350. The predicted octanol–water partition coefficient (Wildman–Crippen LogP) is 4.36. The minimum Gasteiger partial charge on any atom is -0.457 e. The molecule has 1 aliphatic heterocycles. The Labute approximate surface area is 145 Å². The van der Waals surface area contributed by atoms with Gasteiger partial charge in [0.25, 0.3) is 0 Å². The van der Waals surface area contributed by atoms with Crippen LogP contribution in [0.15, 0.2) is 47.4 Å². The molecule has 0 saturated heterocycles. The Bertz CT molecular complexity index is 794. The average molecular weight is 342 g/mol. The number of esters is 1. The lowest BCUT2D eigenvalue weighted by Gasteiger charge is -2.09. The minimum absolute atomic E-state index is 0.271. The molecule has 3 rings (SSSR count). The molecule has 0 bridgehead atoms. The van der Waals surface area contributed by atoms with Crippen LogP contribution in [-0.2, 0) is 18.8 Å². The van der Waals surface area contributed by atoms with Crippen molar-refractivity contribution in [2.75, 3.05) is 13.7 Å². The Kier molecular flexibility index (Phi) is 5.04. The zero-order valence-corrected chi connectivity index (χ0v) is 14.6. The molecule has 0 aromatic heterocycles. The van der Waals surface area contributed by atoms with Crippen LogP contribution in [0.1, 0.15) is 22.3 Å². The smallest absolute Gasteiger partial charge is 0.339 e. The van der Waals surface area contributed by atoms with Crippen LogP contribution in [0.2, 0.25) is 0 Å². The summed E-state index contributed by atoms with van der Waals surface area (Å²) in [5.41, 5.74) is 5.62. The summed E-state index contributed by atoms with van der Waals surface area (Å²) in [6, 6.07) is 13.9. The minimum atomic E-state index is -0.271. The van der Waals surface area contributed by atoms with Crippen LogP contribution in [0.4, 0.5) is 0 Å². The van der Waals surface area contributed by atoms with Gasteiger partial charge in [-0.05, 0) is 36.6 Å². The highest BCUT2D eigenvalue weighted by Crippen LogP contribution is 2.35. The summed E-state index contributed by atoms with van der Waals surface area (Å²) in [5, 5.41) is 0. The Balaban J connectivity index is 2.01. The monoisotopic (exact) mass is 342 g/mol. The lowest BCUT2D eigenvalue weighted by molar-refractivity contribution is -0.160. The maximum atomic E-state index is 12.2. The van der Waals surface area contributed by atoms with Gasteiger partial charge in [-0.25, -0.2) is 9.68 Å². The largest absolute Gasteiger partial charge is 0.457 e. The molecule has 0 atom stereocenters. The highest BCUT2D eigenvalue weighted by atomic mass is 32.2. The molecular formula is C19H18O4S. The molecule has 0 saturated carbocycles. The van der Waals surface area contributed by atoms with Gasteiger partial charge in [-0.1, -0.05) is 42.0 Å². The van der Waals surface area contributed by atoms with Crippen molar-refractivity contribution in [2.24, 2.45) is 0 Å². The van der Waals surface area contributed by atoms with Crippen molar-refractivity contribution in [3.63, 3.8) is 0 Å². The fraction of sp³-hybridized carbons (Fsp3) is 0.211. The van der Waals surface area contributed by atoms with Crippen molar-refractivity contribution >= 4 is 29.2 Å². The van der Waals surface area contributed by atoms with Gasteiger partial charge in [-0.15, -0.1) is 0 Å². The van der Waals surface area contributed by atoms with Crippen molar-refractivity contribution in [1.82, 2.24) is 0 Å². The van der Waals surface area contributed by atoms with Crippen LogP contribution < -0.4 is 0 Å². The summed E-state index contributed by atoms with van der Waals surface area (Å²) >= 11 is 1.16. The van der Waals surface area contributed by atoms with E-state index < -0.39 is 0 Å². The standard InChI is InChI=1S/C19H18O4S/c1-12-4-6-14(7-5-12)18-16(11-22-19(18)20)15-8-9-17(13(2)10-15)24-23-21-3/h4-10H,11H2,1-3H3. The number of rotatable bonds is 5. The van der Waals surface area contributed by atoms with E-state index in [2.05, 4.69) is 4.89 Å². The maximum Gasteiger partial charge on any atom is 0.339 e. The SMILES string of the molecule is COOSc1ccc(C2=C(c3ccc(C)cc3)C(=O)OC2)cc1C. The normalized spacial score (nSPS) is 14.2. The topological polar surface area (TPSA) is 44.8 Å². The van der Waals surface area contributed by atoms with Crippen LogP contribution in [0.25, 0.3) is 11.1 Å². The second kappa shape index (κ2) is 7.21. The third-order valence-corrected chi connectivity index (χ3v) is 4.75. The van der Waals surface area contributed by atoms with Gasteiger partial charge >= 0.3 is 5.97 Å². The number of aryl methyl sites for hydroxylation is 2. The van der Waals surface area contributed by atoms with E-state index in [1.54, 1.807) is 0 Å². The summed E-state index contributed by atoms with van der Waals surface area (Å²) in [4.78, 5) is 17.8. The average Bonchev–Trinajstić information content (AvgIpc) is 2.96. The maximum absolute atomic E-state index is 12.2.